The summed E-state index contributed by atoms with van der Waals surface area (Å²) in [4.78, 5) is 0. The second-order valence-electron chi connectivity index (χ2n) is 8.87. The predicted molar refractivity (Wildman–Crippen MR) is 141 cm³/mol. The Morgan fingerprint density at radius 3 is 1.78 bits per heavy atom. The van der Waals surface area contributed by atoms with Crippen LogP contribution in [0, 0.1) is 0 Å². The van der Waals surface area contributed by atoms with E-state index in [0.29, 0.717) is 3.63 Å². The van der Waals surface area contributed by atoms with Crippen LogP contribution in [-0.4, -0.2) is 3.21 Å². The van der Waals surface area contributed by atoms with Crippen molar-refractivity contribution in [3.63, 3.8) is 0 Å². The summed E-state index contributed by atoms with van der Waals surface area (Å²) in [5.74, 6) is 0. The average Bonchev–Trinajstić information content (AvgIpc) is 3.57. The Kier molecular flexibility index (Phi) is 8.92. The molecule has 6 rings (SSSR count). The van der Waals surface area contributed by atoms with Crippen LogP contribution in [0.3, 0.4) is 0 Å². The number of rotatable bonds is 5. The zero-order valence-corrected chi connectivity index (χ0v) is 23.8. The SMILES string of the molecule is C1=CC[C]([Zr+2](=[C](c2ccccc2)c2ccccc2)[CH]2C(c3ccccc3)=Cc3ccccc32)=C1.[Cl-].[Cl-]. The van der Waals surface area contributed by atoms with E-state index in [0.717, 1.165) is 6.42 Å². The monoisotopic (exact) mass is 582 g/mol. The van der Waals surface area contributed by atoms with Crippen LogP contribution in [0.2, 0.25) is 0 Å². The van der Waals surface area contributed by atoms with E-state index in [-0.39, 0.29) is 24.8 Å². The van der Waals surface area contributed by atoms with Crippen LogP contribution in [0.4, 0.5) is 0 Å². The molecular formula is C33H26Cl2Zr. The van der Waals surface area contributed by atoms with Gasteiger partial charge in [0, 0.05) is 0 Å². The van der Waals surface area contributed by atoms with Gasteiger partial charge in [0.15, 0.2) is 0 Å². The summed E-state index contributed by atoms with van der Waals surface area (Å²) in [6.45, 7) is 0. The van der Waals surface area contributed by atoms with E-state index >= 15 is 0 Å². The Labute approximate surface area is 234 Å². The summed E-state index contributed by atoms with van der Waals surface area (Å²) in [7, 11) is 0. The molecule has 4 aromatic carbocycles. The molecule has 0 fully saturated rings. The van der Waals surface area contributed by atoms with E-state index < -0.39 is 21.3 Å². The molecule has 0 heterocycles. The van der Waals surface area contributed by atoms with Gasteiger partial charge in [0.25, 0.3) is 0 Å². The smallest absolute Gasteiger partial charge is 1.00 e. The first kappa shape index (κ1) is 26.5. The summed E-state index contributed by atoms with van der Waals surface area (Å²) in [5, 5.41) is 0. The van der Waals surface area contributed by atoms with Gasteiger partial charge < -0.3 is 24.8 Å². The molecule has 0 nitrogen and oxygen atoms in total. The molecular weight excluding hydrogens is 558 g/mol. The molecule has 0 aliphatic heterocycles. The van der Waals surface area contributed by atoms with Gasteiger partial charge in [0.2, 0.25) is 0 Å². The van der Waals surface area contributed by atoms with E-state index in [2.05, 4.69) is 140 Å². The summed E-state index contributed by atoms with van der Waals surface area (Å²) in [6, 6.07) is 42.4. The fraction of sp³-hybridized carbons (Fsp3) is 0.0606. The van der Waals surface area contributed by atoms with Crippen molar-refractivity contribution >= 4 is 14.9 Å². The largest absolute Gasteiger partial charge is 1.00 e. The van der Waals surface area contributed by atoms with Crippen molar-refractivity contribution in [1.82, 2.24) is 0 Å². The van der Waals surface area contributed by atoms with E-state index in [1.54, 1.807) is 6.49 Å². The third kappa shape index (κ3) is 5.12. The number of hydrogen-bond acceptors (Lipinski definition) is 0. The molecule has 4 aromatic rings. The van der Waals surface area contributed by atoms with Gasteiger partial charge in [-0.2, -0.15) is 0 Å². The number of hydrogen-bond donors (Lipinski definition) is 0. The van der Waals surface area contributed by atoms with Crippen molar-refractivity contribution < 1.29 is 46.1 Å². The summed E-state index contributed by atoms with van der Waals surface area (Å²) in [5.41, 5.74) is 8.51. The minimum Gasteiger partial charge on any atom is -1.00 e. The van der Waals surface area contributed by atoms with Crippen LogP contribution in [0.5, 0.6) is 0 Å². The first-order chi connectivity index (χ1) is 16.9. The Bertz CT molecular complexity index is 1410. The molecule has 2 aliphatic rings. The van der Waals surface area contributed by atoms with Crippen molar-refractivity contribution in [2.24, 2.45) is 0 Å². The quantitative estimate of drug-likeness (QED) is 0.337. The normalized spacial score (nSPS) is 14.9. The van der Waals surface area contributed by atoms with Crippen molar-refractivity contribution in [2.45, 2.75) is 10.0 Å². The van der Waals surface area contributed by atoms with Crippen molar-refractivity contribution in [2.75, 3.05) is 0 Å². The molecule has 0 bridgehead atoms. The number of benzene rings is 4. The van der Waals surface area contributed by atoms with Gasteiger partial charge in [0.1, 0.15) is 0 Å². The fourth-order valence-electron chi connectivity index (χ4n) is 5.34. The molecule has 176 valence electrons. The molecule has 0 saturated carbocycles. The van der Waals surface area contributed by atoms with E-state index in [4.69, 9.17) is 0 Å². The van der Waals surface area contributed by atoms with E-state index in [1.807, 2.05) is 0 Å². The summed E-state index contributed by atoms with van der Waals surface area (Å²) < 4.78 is 3.72. The van der Waals surface area contributed by atoms with Gasteiger partial charge >= 0.3 is 211 Å². The molecule has 0 aromatic heterocycles. The van der Waals surface area contributed by atoms with Crippen LogP contribution in [-0.2, 0) is 21.3 Å². The van der Waals surface area contributed by atoms with Crippen molar-refractivity contribution in [3.8, 4) is 0 Å². The first-order valence-corrected chi connectivity index (χ1v) is 15.8. The molecule has 1 unspecified atom stereocenters. The maximum absolute atomic E-state index is 2.54. The van der Waals surface area contributed by atoms with Gasteiger partial charge in [-0.05, 0) is 0 Å². The average molecular weight is 585 g/mol. The molecule has 3 heteroatoms. The Morgan fingerprint density at radius 2 is 1.19 bits per heavy atom. The Balaban J connectivity index is 0.00000152. The molecule has 0 N–H and O–H groups in total. The molecule has 1 atom stereocenters. The minimum absolute atomic E-state index is 0. The van der Waals surface area contributed by atoms with Crippen LogP contribution in [0.1, 0.15) is 37.9 Å². The second kappa shape index (κ2) is 12.1. The molecule has 0 saturated heterocycles. The Hall–Kier alpha value is -2.57. The third-order valence-electron chi connectivity index (χ3n) is 6.84. The minimum atomic E-state index is -2.54. The van der Waals surface area contributed by atoms with Crippen LogP contribution < -0.4 is 24.8 Å². The number of halogens is 2. The molecule has 0 amide bonds. The topological polar surface area (TPSA) is 0 Å². The summed E-state index contributed by atoms with van der Waals surface area (Å²) >= 11 is -2.54. The van der Waals surface area contributed by atoms with Gasteiger partial charge in [0.05, 0.1) is 0 Å². The third-order valence-corrected chi connectivity index (χ3v) is 15.1. The summed E-state index contributed by atoms with van der Waals surface area (Å²) in [6.07, 6.45) is 10.6. The van der Waals surface area contributed by atoms with Crippen molar-refractivity contribution in [1.29, 1.82) is 0 Å². The molecule has 0 radical (unpaired) electrons. The Morgan fingerprint density at radius 1 is 0.639 bits per heavy atom. The standard InChI is InChI=1S/C15H11.C13H10.C5H5.2ClH.Zr/c1-2-6-12(7-3-1)15-10-13-8-4-5-9-14(13)11-15;1-3-7-12(8-4-1)11-13-9-5-2-6-10-13;1-2-4-5-3-1;;;/h1-11H;1-10H;1-3H,4H2;2*1H;/q;;;;;+2/p-2. The first-order valence-electron chi connectivity index (χ1n) is 12.0. The second-order valence-corrected chi connectivity index (χ2v) is 15.1. The zero-order chi connectivity index (χ0) is 22.7. The van der Waals surface area contributed by atoms with Crippen LogP contribution in [0.15, 0.2) is 137 Å². The fourth-order valence-corrected chi connectivity index (χ4v) is 14.4. The molecule has 2 aliphatic carbocycles. The maximum atomic E-state index is 2.46. The molecule has 0 spiro atoms. The van der Waals surface area contributed by atoms with Gasteiger partial charge in [-0.15, -0.1) is 0 Å². The molecule has 36 heavy (non-hydrogen) atoms. The predicted octanol–water partition coefficient (Wildman–Crippen LogP) is 2.02. The van der Waals surface area contributed by atoms with E-state index in [1.165, 1.54) is 33.4 Å². The maximum Gasteiger partial charge on any atom is -1.00 e. The number of allylic oxidation sites excluding steroid dienone is 5. The van der Waals surface area contributed by atoms with Gasteiger partial charge in [-0.1, -0.05) is 0 Å². The van der Waals surface area contributed by atoms with Gasteiger partial charge in [-0.3, -0.25) is 0 Å². The van der Waals surface area contributed by atoms with E-state index in [9.17, 15) is 0 Å². The van der Waals surface area contributed by atoms with Crippen LogP contribution >= 0.6 is 0 Å². The van der Waals surface area contributed by atoms with Crippen molar-refractivity contribution in [3.05, 3.63) is 165 Å². The number of fused-ring (bicyclic) bond motifs is 1. The van der Waals surface area contributed by atoms with Gasteiger partial charge in [-0.25, -0.2) is 0 Å². The zero-order valence-electron chi connectivity index (χ0n) is 19.8. The van der Waals surface area contributed by atoms with Crippen LogP contribution in [0.25, 0.3) is 11.6 Å².